The van der Waals surface area contributed by atoms with E-state index in [4.69, 9.17) is 0 Å². The zero-order chi connectivity index (χ0) is 14.1. The van der Waals surface area contributed by atoms with Gasteiger partial charge in [-0.05, 0) is 12.5 Å². The molecular weight excluding hydrogens is 249 g/mol. The standard InChI is InChI=1S/C11H11NOS.C4H9.Li/c1-11(13,10-7-12-8-14-10)9-5-3-2-4-6-9;1-3-4-2;/h2-8,13H,1H3;1,3-4H2,2H3;. The van der Waals surface area contributed by atoms with Crippen molar-refractivity contribution in [3.05, 3.63) is 52.5 Å². The van der Waals surface area contributed by atoms with E-state index >= 15 is 0 Å². The summed E-state index contributed by atoms with van der Waals surface area (Å²) < 4.78 is 0. The van der Waals surface area contributed by atoms with Crippen molar-refractivity contribution in [1.82, 2.24) is 4.98 Å². The number of benzene rings is 1. The third-order valence-corrected chi connectivity index (χ3v) is 3.94. The number of hydrogen-bond donors (Lipinski definition) is 1. The van der Waals surface area contributed by atoms with Gasteiger partial charge in [-0.1, -0.05) is 30.3 Å². The van der Waals surface area contributed by atoms with Crippen LogP contribution in [-0.2, 0) is 5.60 Å². The predicted octanol–water partition coefficient (Wildman–Crippen LogP) is 3.77. The van der Waals surface area contributed by atoms with E-state index in [2.05, 4.69) is 29.6 Å². The summed E-state index contributed by atoms with van der Waals surface area (Å²) in [5, 5.41) is 11.7. The number of nitrogens with zero attached hydrogens (tertiary/aromatic N) is 1. The topological polar surface area (TPSA) is 33.1 Å². The SMILES string of the molecule is CC(O)(c1ccccc1)c1cncs1.[Li][CH2]CCC. The van der Waals surface area contributed by atoms with Crippen LogP contribution in [0, 0.1) is 0 Å². The van der Waals surface area contributed by atoms with Gasteiger partial charge in [-0.25, -0.2) is 0 Å². The van der Waals surface area contributed by atoms with Crippen molar-refractivity contribution < 1.29 is 5.11 Å². The summed E-state index contributed by atoms with van der Waals surface area (Å²) in [5.74, 6) is 0. The van der Waals surface area contributed by atoms with Crippen molar-refractivity contribution in [2.75, 3.05) is 0 Å². The van der Waals surface area contributed by atoms with Gasteiger partial charge in [0.05, 0.1) is 10.4 Å². The van der Waals surface area contributed by atoms with Gasteiger partial charge in [-0.3, -0.25) is 4.98 Å². The molecule has 0 amide bonds. The molecule has 0 aliphatic rings. The maximum atomic E-state index is 10.3. The van der Waals surface area contributed by atoms with Gasteiger partial charge in [0.2, 0.25) is 0 Å². The Balaban J connectivity index is 0.000000312. The normalized spacial score (nSPS) is 13.3. The van der Waals surface area contributed by atoms with Crippen LogP contribution in [0.25, 0.3) is 0 Å². The molecule has 4 heteroatoms. The van der Waals surface area contributed by atoms with Gasteiger partial charge in [0.1, 0.15) is 5.60 Å². The van der Waals surface area contributed by atoms with Gasteiger partial charge in [0.25, 0.3) is 0 Å². The van der Waals surface area contributed by atoms with Gasteiger partial charge in [0, 0.05) is 6.20 Å². The van der Waals surface area contributed by atoms with Crippen LogP contribution < -0.4 is 0 Å². The van der Waals surface area contributed by atoms with E-state index in [0.29, 0.717) is 0 Å². The monoisotopic (exact) mass is 269 g/mol. The minimum absolute atomic E-state index is 0.865. The molecule has 1 N–H and O–H groups in total. The molecule has 1 aromatic heterocycles. The number of aliphatic hydroxyl groups is 1. The fraction of sp³-hybridized carbons (Fsp3) is 0.400. The molecule has 0 saturated heterocycles. The summed E-state index contributed by atoms with van der Waals surface area (Å²) in [6.45, 7) is 4.00. The average molecular weight is 269 g/mol. The van der Waals surface area contributed by atoms with Gasteiger partial charge in [-0.2, -0.15) is 0 Å². The number of aromatic nitrogens is 1. The molecule has 98 valence electrons. The van der Waals surface area contributed by atoms with E-state index in [1.54, 1.807) is 18.6 Å². The van der Waals surface area contributed by atoms with Crippen LogP contribution in [0.1, 0.15) is 37.1 Å². The van der Waals surface area contributed by atoms with E-state index in [-0.39, 0.29) is 0 Å². The number of unbranched alkanes of at least 4 members (excludes halogenated alkanes) is 1. The summed E-state index contributed by atoms with van der Waals surface area (Å²) >= 11 is 3.68. The van der Waals surface area contributed by atoms with Crippen LogP contribution >= 0.6 is 11.3 Å². The first-order valence-electron chi connectivity index (χ1n) is 6.79. The molecule has 2 rings (SSSR count). The minimum atomic E-state index is -0.928. The van der Waals surface area contributed by atoms with Crippen LogP contribution in [0.3, 0.4) is 0 Å². The van der Waals surface area contributed by atoms with Crippen LogP contribution in [-0.4, -0.2) is 27.8 Å². The summed E-state index contributed by atoms with van der Waals surface area (Å²) in [7, 11) is 0. The summed E-state index contributed by atoms with van der Waals surface area (Å²) in [5.41, 5.74) is 1.69. The first kappa shape index (κ1) is 16.5. The zero-order valence-electron chi connectivity index (χ0n) is 12.0. The molecule has 19 heavy (non-hydrogen) atoms. The van der Waals surface area contributed by atoms with Gasteiger partial charge >= 0.3 is 42.6 Å². The van der Waals surface area contributed by atoms with Crippen molar-refractivity contribution in [2.24, 2.45) is 0 Å². The van der Waals surface area contributed by atoms with E-state index in [1.807, 2.05) is 30.3 Å². The van der Waals surface area contributed by atoms with Crippen molar-refractivity contribution in [1.29, 1.82) is 0 Å². The molecule has 0 bridgehead atoms. The van der Waals surface area contributed by atoms with Crippen LogP contribution in [0.15, 0.2) is 42.0 Å². The van der Waals surface area contributed by atoms with Crippen molar-refractivity contribution in [2.45, 2.75) is 37.4 Å². The second kappa shape index (κ2) is 8.55. The quantitative estimate of drug-likeness (QED) is 0.857. The Bertz CT molecular complexity index is 440. The molecule has 0 aliphatic heterocycles. The second-order valence-electron chi connectivity index (χ2n) is 4.66. The van der Waals surface area contributed by atoms with E-state index < -0.39 is 5.60 Å². The van der Waals surface area contributed by atoms with Gasteiger partial charge in [-0.15, -0.1) is 11.3 Å². The molecule has 1 heterocycles. The Morgan fingerprint density at radius 2 is 2.00 bits per heavy atom. The summed E-state index contributed by atoms with van der Waals surface area (Å²) in [6, 6.07) is 9.61. The molecule has 2 aromatic rings. The fourth-order valence-corrected chi connectivity index (χ4v) is 2.42. The van der Waals surface area contributed by atoms with Crippen LogP contribution in [0.5, 0.6) is 0 Å². The Labute approximate surface area is 129 Å². The number of thiazole rings is 1. The molecular formula is C15H20LiNOS. The second-order valence-corrected chi connectivity index (χ2v) is 5.54. The van der Waals surface area contributed by atoms with E-state index in [0.717, 1.165) is 10.4 Å². The fourth-order valence-electron chi connectivity index (χ4n) is 1.71. The molecule has 0 fully saturated rings. The Morgan fingerprint density at radius 1 is 1.32 bits per heavy atom. The molecule has 1 unspecified atom stereocenters. The summed E-state index contributed by atoms with van der Waals surface area (Å²) in [6.07, 6.45) is 4.44. The molecule has 1 aromatic carbocycles. The molecule has 0 radical (unpaired) electrons. The Morgan fingerprint density at radius 3 is 2.42 bits per heavy atom. The van der Waals surface area contributed by atoms with Crippen molar-refractivity contribution in [3.63, 3.8) is 0 Å². The molecule has 0 spiro atoms. The number of hydrogen-bond acceptors (Lipinski definition) is 3. The van der Waals surface area contributed by atoms with Gasteiger partial charge in [0.15, 0.2) is 0 Å². The molecule has 0 aliphatic carbocycles. The van der Waals surface area contributed by atoms with Crippen molar-refractivity contribution in [3.8, 4) is 0 Å². The third kappa shape index (κ3) is 5.12. The van der Waals surface area contributed by atoms with E-state index in [9.17, 15) is 5.11 Å². The Kier molecular flexibility index (Phi) is 7.41. The molecule has 1 atom stereocenters. The van der Waals surface area contributed by atoms with Gasteiger partial charge < -0.3 is 5.11 Å². The van der Waals surface area contributed by atoms with Crippen molar-refractivity contribution >= 4 is 29.1 Å². The third-order valence-electron chi connectivity index (χ3n) is 2.96. The van der Waals surface area contributed by atoms with Crippen LogP contribution in [0.4, 0.5) is 0 Å². The zero-order valence-corrected chi connectivity index (χ0v) is 12.8. The summed E-state index contributed by atoms with van der Waals surface area (Å²) in [4.78, 5) is 4.84. The van der Waals surface area contributed by atoms with Crippen LogP contribution in [0.2, 0.25) is 5.09 Å². The molecule has 0 saturated carbocycles. The first-order chi connectivity index (χ1) is 9.12. The maximum absolute atomic E-state index is 10.3. The number of rotatable bonds is 4. The van der Waals surface area contributed by atoms with E-state index in [1.165, 1.54) is 29.3 Å². The Hall–Kier alpha value is -0.593. The first-order valence-corrected chi connectivity index (χ1v) is 7.67. The predicted molar refractivity (Wildman–Crippen MR) is 82.7 cm³/mol. The average Bonchev–Trinajstić information content (AvgIpc) is 2.96. The molecule has 2 nitrogen and oxygen atoms in total.